The van der Waals surface area contributed by atoms with Gasteiger partial charge in [0.1, 0.15) is 0 Å². The Morgan fingerprint density at radius 2 is 2.62 bits per heavy atom. The van der Waals surface area contributed by atoms with Crippen LogP contribution < -0.4 is 0 Å². The smallest absolute Gasteiger partial charge is 0.00585 e. The van der Waals surface area contributed by atoms with E-state index in [2.05, 4.69) is 35.6 Å². The Morgan fingerprint density at radius 1 is 1.88 bits per heavy atom. The van der Waals surface area contributed by atoms with Crippen LogP contribution >= 0.6 is 22.6 Å². The lowest BCUT2D eigenvalue weighted by Gasteiger charge is -1.96. The normalized spacial score (nSPS) is 28.2. The van der Waals surface area contributed by atoms with Gasteiger partial charge in [-0.3, -0.25) is 0 Å². The van der Waals surface area contributed by atoms with Crippen molar-refractivity contribution in [1.82, 2.24) is 0 Å². The third-order valence-corrected chi connectivity index (χ3v) is 2.76. The molecule has 0 N–H and O–H groups in total. The van der Waals surface area contributed by atoms with Crippen molar-refractivity contribution in [1.29, 1.82) is 0 Å². The van der Waals surface area contributed by atoms with Gasteiger partial charge in [0, 0.05) is 4.43 Å². The molecular formula is C7H11I. The van der Waals surface area contributed by atoms with E-state index < -0.39 is 0 Å². The summed E-state index contributed by atoms with van der Waals surface area (Å²) in [5, 5.41) is 0. The van der Waals surface area contributed by atoms with E-state index in [1.54, 1.807) is 5.57 Å². The Morgan fingerprint density at radius 3 is 2.88 bits per heavy atom. The maximum Gasteiger partial charge on any atom is 0.00585 e. The van der Waals surface area contributed by atoms with Crippen LogP contribution in [0.25, 0.3) is 0 Å². The number of allylic oxidation sites excluding steroid dienone is 2. The average Bonchev–Trinajstić information content (AvgIpc) is 2.14. The lowest BCUT2D eigenvalue weighted by Crippen LogP contribution is -1.89. The van der Waals surface area contributed by atoms with E-state index in [4.69, 9.17) is 0 Å². The first-order valence-corrected chi connectivity index (χ1v) is 4.58. The highest BCUT2D eigenvalue weighted by Crippen LogP contribution is 2.24. The van der Waals surface area contributed by atoms with Gasteiger partial charge in [0.25, 0.3) is 0 Å². The van der Waals surface area contributed by atoms with Crippen LogP contribution in [0.5, 0.6) is 0 Å². The maximum absolute atomic E-state index is 2.45. The first kappa shape index (κ1) is 6.59. The van der Waals surface area contributed by atoms with Crippen molar-refractivity contribution in [3.63, 3.8) is 0 Å². The Labute approximate surface area is 64.5 Å². The molecule has 0 heterocycles. The van der Waals surface area contributed by atoms with Crippen LogP contribution in [0.4, 0.5) is 0 Å². The zero-order valence-electron chi connectivity index (χ0n) is 5.15. The molecule has 0 fully saturated rings. The number of alkyl halides is 1. The Bertz CT molecular complexity index is 105. The van der Waals surface area contributed by atoms with Crippen LogP contribution in [0.3, 0.4) is 0 Å². The van der Waals surface area contributed by atoms with Crippen molar-refractivity contribution < 1.29 is 0 Å². The number of rotatable bonds is 1. The topological polar surface area (TPSA) is 0 Å². The van der Waals surface area contributed by atoms with Gasteiger partial charge in [-0.2, -0.15) is 0 Å². The van der Waals surface area contributed by atoms with Crippen LogP contribution in [-0.4, -0.2) is 4.43 Å². The summed E-state index contributed by atoms with van der Waals surface area (Å²) in [6, 6.07) is 0. The van der Waals surface area contributed by atoms with Gasteiger partial charge in [-0.15, -0.1) is 0 Å². The van der Waals surface area contributed by atoms with E-state index in [0.29, 0.717) is 0 Å². The third-order valence-electron chi connectivity index (χ3n) is 1.63. The highest BCUT2D eigenvalue weighted by molar-refractivity contribution is 14.1. The molecule has 1 rings (SSSR count). The summed E-state index contributed by atoms with van der Waals surface area (Å²) in [5.74, 6) is 0.899. The molecule has 1 aliphatic rings. The van der Waals surface area contributed by atoms with Crippen molar-refractivity contribution in [2.45, 2.75) is 19.8 Å². The second-order valence-corrected chi connectivity index (χ2v) is 3.35. The molecule has 0 bridgehead atoms. The predicted octanol–water partition coefficient (Wildman–Crippen LogP) is 2.78. The van der Waals surface area contributed by atoms with Gasteiger partial charge in [0.05, 0.1) is 0 Å². The lowest BCUT2D eigenvalue weighted by atomic mass is 10.2. The van der Waals surface area contributed by atoms with Crippen LogP contribution in [0.15, 0.2) is 11.6 Å². The molecule has 8 heavy (non-hydrogen) atoms. The molecule has 0 aromatic heterocycles. The molecule has 1 unspecified atom stereocenters. The fourth-order valence-electron chi connectivity index (χ4n) is 1.10. The molecule has 0 radical (unpaired) electrons. The molecule has 0 aromatic rings. The van der Waals surface area contributed by atoms with E-state index in [1.807, 2.05) is 0 Å². The number of hydrogen-bond donors (Lipinski definition) is 0. The highest BCUT2D eigenvalue weighted by atomic mass is 127. The molecule has 0 amide bonds. The van der Waals surface area contributed by atoms with Crippen molar-refractivity contribution in [2.24, 2.45) is 5.92 Å². The first-order chi connectivity index (χ1) is 3.83. The van der Waals surface area contributed by atoms with E-state index in [0.717, 1.165) is 5.92 Å². The third kappa shape index (κ3) is 1.47. The van der Waals surface area contributed by atoms with E-state index in [1.165, 1.54) is 17.3 Å². The Kier molecular flexibility index (Phi) is 2.35. The summed E-state index contributed by atoms with van der Waals surface area (Å²) < 4.78 is 1.30. The number of halogens is 1. The van der Waals surface area contributed by atoms with Gasteiger partial charge >= 0.3 is 0 Å². The van der Waals surface area contributed by atoms with E-state index in [-0.39, 0.29) is 0 Å². The minimum atomic E-state index is 0.899. The average molecular weight is 222 g/mol. The fraction of sp³-hybridized carbons (Fsp3) is 0.714. The zero-order valence-corrected chi connectivity index (χ0v) is 7.31. The van der Waals surface area contributed by atoms with Gasteiger partial charge in [-0.1, -0.05) is 34.2 Å². The molecule has 0 nitrogen and oxygen atoms in total. The van der Waals surface area contributed by atoms with E-state index in [9.17, 15) is 0 Å². The quantitative estimate of drug-likeness (QED) is 0.363. The molecule has 46 valence electrons. The zero-order chi connectivity index (χ0) is 5.98. The van der Waals surface area contributed by atoms with Crippen LogP contribution in [0.1, 0.15) is 19.8 Å². The van der Waals surface area contributed by atoms with Crippen molar-refractivity contribution >= 4 is 22.6 Å². The summed E-state index contributed by atoms with van der Waals surface area (Å²) in [4.78, 5) is 0. The molecule has 1 heteroatoms. The van der Waals surface area contributed by atoms with Crippen molar-refractivity contribution in [3.8, 4) is 0 Å². The standard InChI is InChI=1S/C7H11I/c1-6-2-3-7(4-6)5-8/h4,7H,2-3,5H2,1H3. The predicted molar refractivity (Wildman–Crippen MR) is 45.4 cm³/mol. The summed E-state index contributed by atoms with van der Waals surface area (Å²) in [5.41, 5.74) is 1.59. The minimum Gasteiger partial charge on any atom is -0.0857 e. The second-order valence-electron chi connectivity index (χ2n) is 2.47. The monoisotopic (exact) mass is 222 g/mol. The fourth-order valence-corrected chi connectivity index (χ4v) is 1.80. The molecule has 1 atom stereocenters. The van der Waals surface area contributed by atoms with Crippen LogP contribution in [-0.2, 0) is 0 Å². The summed E-state index contributed by atoms with van der Waals surface area (Å²) in [6.45, 7) is 2.23. The van der Waals surface area contributed by atoms with Crippen molar-refractivity contribution in [2.75, 3.05) is 4.43 Å². The lowest BCUT2D eigenvalue weighted by molar-refractivity contribution is 0.718. The molecule has 0 aliphatic heterocycles. The van der Waals surface area contributed by atoms with Gasteiger partial charge < -0.3 is 0 Å². The van der Waals surface area contributed by atoms with Gasteiger partial charge in [-0.05, 0) is 25.7 Å². The summed E-state index contributed by atoms with van der Waals surface area (Å²) >= 11 is 2.45. The Balaban J connectivity index is 2.41. The van der Waals surface area contributed by atoms with E-state index >= 15 is 0 Å². The van der Waals surface area contributed by atoms with Crippen LogP contribution in [0.2, 0.25) is 0 Å². The first-order valence-electron chi connectivity index (χ1n) is 3.06. The Hall–Kier alpha value is 0.470. The van der Waals surface area contributed by atoms with Crippen LogP contribution in [0, 0.1) is 5.92 Å². The van der Waals surface area contributed by atoms with Gasteiger partial charge in [0.2, 0.25) is 0 Å². The highest BCUT2D eigenvalue weighted by Gasteiger charge is 2.10. The minimum absolute atomic E-state index is 0.899. The molecule has 0 aromatic carbocycles. The van der Waals surface area contributed by atoms with Gasteiger partial charge in [-0.25, -0.2) is 0 Å². The second kappa shape index (κ2) is 2.85. The maximum atomic E-state index is 2.45. The number of hydrogen-bond acceptors (Lipinski definition) is 0. The van der Waals surface area contributed by atoms with Gasteiger partial charge in [0.15, 0.2) is 0 Å². The molecule has 0 spiro atoms. The summed E-state index contributed by atoms with van der Waals surface area (Å²) in [6.07, 6.45) is 5.15. The molecular weight excluding hydrogens is 211 g/mol. The molecule has 1 aliphatic carbocycles. The van der Waals surface area contributed by atoms with Crippen molar-refractivity contribution in [3.05, 3.63) is 11.6 Å². The largest absolute Gasteiger partial charge is 0.0857 e. The molecule has 0 saturated heterocycles. The SMILES string of the molecule is CC1=CC(CI)CC1. The summed E-state index contributed by atoms with van der Waals surface area (Å²) in [7, 11) is 0. The molecule has 0 saturated carbocycles.